The normalized spacial score (nSPS) is 14.4. The molecule has 1 aromatic heterocycles. The summed E-state index contributed by atoms with van der Waals surface area (Å²) >= 11 is 0. The van der Waals surface area contributed by atoms with Crippen molar-refractivity contribution in [2.45, 2.75) is 58.5 Å². The van der Waals surface area contributed by atoms with Gasteiger partial charge in [0.05, 0.1) is 6.61 Å². The Balaban J connectivity index is 1.54. The van der Waals surface area contributed by atoms with Gasteiger partial charge in [0.1, 0.15) is 29.5 Å². The molecule has 1 fully saturated rings. The lowest BCUT2D eigenvalue weighted by atomic mass is 10.0. The van der Waals surface area contributed by atoms with Crippen LogP contribution in [0.5, 0.6) is 5.75 Å². The molecule has 30 heavy (non-hydrogen) atoms. The topological polar surface area (TPSA) is 48.7 Å². The lowest BCUT2D eigenvalue weighted by Gasteiger charge is -2.14. The number of rotatable bonds is 8. The maximum atomic E-state index is 14.2. The van der Waals surface area contributed by atoms with Crippen molar-refractivity contribution in [3.8, 4) is 5.75 Å². The SMILES string of the molecule is Cc1c(CCOC=O)ccc(OCc2cc(F)cc3cc(C4CCCC4)oc23)c1C. The summed E-state index contributed by atoms with van der Waals surface area (Å²) in [6.07, 6.45) is 5.38. The van der Waals surface area contributed by atoms with Crippen LogP contribution in [0.15, 0.2) is 34.7 Å². The second-order valence-corrected chi connectivity index (χ2v) is 8.09. The van der Waals surface area contributed by atoms with E-state index in [1.54, 1.807) is 0 Å². The lowest BCUT2D eigenvalue weighted by molar-refractivity contribution is -0.128. The lowest BCUT2D eigenvalue weighted by Crippen LogP contribution is -2.03. The molecule has 5 heteroatoms. The predicted molar refractivity (Wildman–Crippen MR) is 113 cm³/mol. The van der Waals surface area contributed by atoms with E-state index in [1.807, 2.05) is 32.0 Å². The third-order valence-electron chi connectivity index (χ3n) is 6.22. The third-order valence-corrected chi connectivity index (χ3v) is 6.22. The number of carbonyl (C=O) groups is 1. The zero-order valence-corrected chi connectivity index (χ0v) is 17.5. The van der Waals surface area contributed by atoms with E-state index in [1.165, 1.54) is 25.0 Å². The summed E-state index contributed by atoms with van der Waals surface area (Å²) in [6.45, 7) is 5.08. The number of halogens is 1. The highest BCUT2D eigenvalue weighted by molar-refractivity contribution is 5.81. The highest BCUT2D eigenvalue weighted by Gasteiger charge is 2.22. The fourth-order valence-corrected chi connectivity index (χ4v) is 4.38. The van der Waals surface area contributed by atoms with E-state index in [2.05, 4.69) is 0 Å². The molecule has 1 heterocycles. The van der Waals surface area contributed by atoms with Crippen molar-refractivity contribution >= 4 is 17.4 Å². The van der Waals surface area contributed by atoms with Gasteiger partial charge in [0.15, 0.2) is 0 Å². The van der Waals surface area contributed by atoms with E-state index in [4.69, 9.17) is 13.9 Å². The molecule has 0 bridgehead atoms. The summed E-state index contributed by atoms with van der Waals surface area (Å²) < 4.78 is 31.3. The minimum absolute atomic E-state index is 0.236. The van der Waals surface area contributed by atoms with E-state index in [0.29, 0.717) is 25.4 Å². The van der Waals surface area contributed by atoms with Crippen LogP contribution < -0.4 is 4.74 Å². The van der Waals surface area contributed by atoms with Crippen molar-refractivity contribution in [2.24, 2.45) is 0 Å². The molecule has 3 aromatic rings. The number of hydrogen-bond acceptors (Lipinski definition) is 4. The van der Waals surface area contributed by atoms with Gasteiger partial charge in [-0.15, -0.1) is 0 Å². The monoisotopic (exact) mass is 410 g/mol. The Bertz CT molecular complexity index is 1050. The molecule has 0 saturated heterocycles. The van der Waals surface area contributed by atoms with Crippen LogP contribution in [0.4, 0.5) is 4.39 Å². The minimum atomic E-state index is -0.279. The average molecular weight is 410 g/mol. The molecule has 0 aliphatic heterocycles. The Morgan fingerprint density at radius 3 is 2.67 bits per heavy atom. The van der Waals surface area contributed by atoms with Crippen molar-refractivity contribution in [2.75, 3.05) is 6.61 Å². The molecule has 1 aliphatic carbocycles. The molecule has 0 unspecified atom stereocenters. The first-order valence-corrected chi connectivity index (χ1v) is 10.6. The van der Waals surface area contributed by atoms with Crippen LogP contribution in [-0.4, -0.2) is 13.1 Å². The van der Waals surface area contributed by atoms with Gasteiger partial charge in [-0.2, -0.15) is 0 Å². The number of ether oxygens (including phenoxy) is 2. The van der Waals surface area contributed by atoms with Crippen LogP contribution in [0, 0.1) is 19.7 Å². The fraction of sp³-hybridized carbons (Fsp3) is 0.400. The van der Waals surface area contributed by atoms with Gasteiger partial charge in [-0.1, -0.05) is 18.9 Å². The van der Waals surface area contributed by atoms with Crippen LogP contribution in [0.1, 0.15) is 59.6 Å². The summed E-state index contributed by atoms with van der Waals surface area (Å²) in [7, 11) is 0. The first-order valence-electron chi connectivity index (χ1n) is 10.6. The first-order chi connectivity index (χ1) is 14.6. The van der Waals surface area contributed by atoms with E-state index in [0.717, 1.165) is 57.6 Å². The molecule has 0 amide bonds. The third kappa shape index (κ3) is 4.20. The first kappa shape index (κ1) is 20.5. The number of hydrogen-bond donors (Lipinski definition) is 0. The van der Waals surface area contributed by atoms with Gasteiger partial charge < -0.3 is 13.9 Å². The highest BCUT2D eigenvalue weighted by Crippen LogP contribution is 2.38. The summed E-state index contributed by atoms with van der Waals surface area (Å²) in [5, 5.41) is 0.800. The van der Waals surface area contributed by atoms with Gasteiger partial charge >= 0.3 is 0 Å². The molecule has 1 aliphatic rings. The van der Waals surface area contributed by atoms with Crippen LogP contribution in [0.3, 0.4) is 0 Å². The number of benzene rings is 2. The summed E-state index contributed by atoms with van der Waals surface area (Å²) in [6, 6.07) is 8.92. The van der Waals surface area contributed by atoms with Gasteiger partial charge in [0.2, 0.25) is 0 Å². The zero-order valence-electron chi connectivity index (χ0n) is 17.5. The molecule has 0 N–H and O–H groups in total. The standard InChI is InChI=1S/C25H27FO4/c1-16-17(2)23(8-7-18(16)9-10-28-15-27)29-14-21-12-22(26)11-20-13-24(30-25(20)21)19-5-3-4-6-19/h7-8,11-13,15,19H,3-6,9-10,14H2,1-2H3. The van der Waals surface area contributed by atoms with E-state index in [9.17, 15) is 9.18 Å². The van der Waals surface area contributed by atoms with Gasteiger partial charge in [-0.3, -0.25) is 4.79 Å². The van der Waals surface area contributed by atoms with E-state index in [-0.39, 0.29) is 12.4 Å². The van der Waals surface area contributed by atoms with Crippen molar-refractivity contribution in [1.82, 2.24) is 0 Å². The highest BCUT2D eigenvalue weighted by atomic mass is 19.1. The Morgan fingerprint density at radius 2 is 1.90 bits per heavy atom. The molecule has 158 valence electrons. The minimum Gasteiger partial charge on any atom is -0.488 e. The largest absolute Gasteiger partial charge is 0.488 e. The maximum Gasteiger partial charge on any atom is 0.293 e. The quantitative estimate of drug-likeness (QED) is 0.331. The molecular weight excluding hydrogens is 383 g/mol. The van der Waals surface area contributed by atoms with Gasteiger partial charge in [0.25, 0.3) is 6.47 Å². The van der Waals surface area contributed by atoms with Crippen LogP contribution in [0.25, 0.3) is 11.0 Å². The van der Waals surface area contributed by atoms with Gasteiger partial charge in [-0.25, -0.2) is 4.39 Å². The second kappa shape index (κ2) is 8.90. The Kier molecular flexibility index (Phi) is 6.07. The Morgan fingerprint density at radius 1 is 1.10 bits per heavy atom. The summed E-state index contributed by atoms with van der Waals surface area (Å²) in [4.78, 5) is 10.3. The smallest absolute Gasteiger partial charge is 0.293 e. The number of carbonyl (C=O) groups excluding carboxylic acids is 1. The summed E-state index contributed by atoms with van der Waals surface area (Å²) in [5.74, 6) is 1.88. The van der Waals surface area contributed by atoms with E-state index < -0.39 is 0 Å². The van der Waals surface area contributed by atoms with Gasteiger partial charge in [-0.05, 0) is 67.6 Å². The van der Waals surface area contributed by atoms with Gasteiger partial charge in [0, 0.05) is 23.3 Å². The fourth-order valence-electron chi connectivity index (χ4n) is 4.38. The van der Waals surface area contributed by atoms with Crippen LogP contribution >= 0.6 is 0 Å². The molecule has 2 aromatic carbocycles. The average Bonchev–Trinajstić information content (AvgIpc) is 3.40. The zero-order chi connectivity index (χ0) is 21.1. The van der Waals surface area contributed by atoms with Crippen LogP contribution in [0.2, 0.25) is 0 Å². The van der Waals surface area contributed by atoms with E-state index >= 15 is 0 Å². The van der Waals surface area contributed by atoms with Crippen LogP contribution in [-0.2, 0) is 22.6 Å². The molecule has 0 spiro atoms. The predicted octanol–water partition coefficient (Wildman–Crippen LogP) is 6.14. The molecule has 4 rings (SSSR count). The van der Waals surface area contributed by atoms with Crippen molar-refractivity contribution < 1.29 is 23.1 Å². The molecule has 1 saturated carbocycles. The number of furan rings is 1. The summed E-state index contributed by atoms with van der Waals surface area (Å²) in [5.41, 5.74) is 4.68. The molecule has 0 atom stereocenters. The Labute approximate surface area is 176 Å². The second-order valence-electron chi connectivity index (χ2n) is 8.09. The molecular formula is C25H27FO4. The number of fused-ring (bicyclic) bond motifs is 1. The molecule has 4 nitrogen and oxygen atoms in total. The molecule has 0 radical (unpaired) electrons. The Hall–Kier alpha value is -2.82. The maximum absolute atomic E-state index is 14.2. The van der Waals surface area contributed by atoms with Crippen molar-refractivity contribution in [3.63, 3.8) is 0 Å². The van der Waals surface area contributed by atoms with Crippen molar-refractivity contribution in [1.29, 1.82) is 0 Å². The van der Waals surface area contributed by atoms with Crippen molar-refractivity contribution in [3.05, 3.63) is 64.2 Å².